The fourth-order valence-electron chi connectivity index (χ4n) is 2.59. The predicted octanol–water partition coefficient (Wildman–Crippen LogP) is 3.69. The lowest BCUT2D eigenvalue weighted by molar-refractivity contribution is -0.384. The maximum atomic E-state index is 10.8. The van der Waals surface area contributed by atoms with Gasteiger partial charge in [0, 0.05) is 29.8 Å². The Morgan fingerprint density at radius 3 is 2.77 bits per heavy atom. The van der Waals surface area contributed by atoms with Crippen LogP contribution in [-0.4, -0.2) is 19.7 Å². The van der Waals surface area contributed by atoms with Crippen molar-refractivity contribution in [2.24, 2.45) is 0 Å². The van der Waals surface area contributed by atoms with Crippen LogP contribution in [-0.2, 0) is 5.75 Å². The van der Waals surface area contributed by atoms with E-state index in [4.69, 9.17) is 0 Å². The van der Waals surface area contributed by atoms with E-state index < -0.39 is 0 Å². The van der Waals surface area contributed by atoms with Gasteiger partial charge in [0.25, 0.3) is 5.69 Å². The molecule has 0 saturated heterocycles. The summed E-state index contributed by atoms with van der Waals surface area (Å²) >= 11 is 1.62. The van der Waals surface area contributed by atoms with Gasteiger partial charge in [-0.05, 0) is 31.2 Å². The monoisotopic (exact) mass is 316 g/mol. The van der Waals surface area contributed by atoms with Crippen LogP contribution >= 0.6 is 11.8 Å². The topological polar surface area (TPSA) is 73.8 Å². The number of benzene rings is 1. The highest BCUT2D eigenvalue weighted by molar-refractivity contribution is 7.98. The van der Waals surface area contributed by atoms with E-state index in [2.05, 4.69) is 14.8 Å². The number of hydrogen-bond donors (Lipinski definition) is 0. The first-order valence-corrected chi connectivity index (χ1v) is 8.52. The first-order valence-electron chi connectivity index (χ1n) is 7.53. The summed E-state index contributed by atoms with van der Waals surface area (Å²) in [7, 11) is 0. The molecule has 0 amide bonds. The van der Waals surface area contributed by atoms with Gasteiger partial charge in [0.1, 0.15) is 5.82 Å². The van der Waals surface area contributed by atoms with Gasteiger partial charge < -0.3 is 4.57 Å². The van der Waals surface area contributed by atoms with Gasteiger partial charge in [0.05, 0.1) is 4.92 Å². The Bertz CT molecular complexity index is 722. The Hall–Kier alpha value is -1.89. The second kappa shape index (κ2) is 5.39. The Labute approximate surface area is 132 Å². The zero-order chi connectivity index (χ0) is 15.1. The SMILES string of the molecule is O=[N+]([O-])c1cccc(CSc2nnc(C3CC3)n2C2CC2)c1. The molecule has 2 fully saturated rings. The molecule has 22 heavy (non-hydrogen) atoms. The molecule has 0 radical (unpaired) electrons. The van der Waals surface area contributed by atoms with E-state index in [9.17, 15) is 10.1 Å². The molecule has 4 rings (SSSR count). The van der Waals surface area contributed by atoms with Crippen LogP contribution in [0.1, 0.15) is 49.0 Å². The lowest BCUT2D eigenvalue weighted by Crippen LogP contribution is -2.02. The molecule has 0 spiro atoms. The van der Waals surface area contributed by atoms with E-state index in [1.165, 1.54) is 31.7 Å². The summed E-state index contributed by atoms with van der Waals surface area (Å²) in [5.74, 6) is 2.42. The number of nitrogens with zero attached hydrogens (tertiary/aromatic N) is 4. The fraction of sp³-hybridized carbons (Fsp3) is 0.467. The highest BCUT2D eigenvalue weighted by Gasteiger charge is 2.36. The van der Waals surface area contributed by atoms with Crippen molar-refractivity contribution in [3.8, 4) is 0 Å². The quantitative estimate of drug-likeness (QED) is 0.461. The fourth-order valence-corrected chi connectivity index (χ4v) is 3.55. The van der Waals surface area contributed by atoms with Crippen LogP contribution in [0.2, 0.25) is 0 Å². The number of thioether (sulfide) groups is 1. The Kier molecular flexibility index (Phi) is 3.37. The second-order valence-electron chi connectivity index (χ2n) is 5.93. The molecule has 2 aliphatic rings. The maximum absolute atomic E-state index is 10.8. The third-order valence-corrected chi connectivity index (χ3v) is 5.05. The molecule has 6 nitrogen and oxygen atoms in total. The van der Waals surface area contributed by atoms with E-state index in [1.807, 2.05) is 6.07 Å². The molecule has 0 unspecified atom stereocenters. The second-order valence-corrected chi connectivity index (χ2v) is 6.87. The Morgan fingerprint density at radius 2 is 2.09 bits per heavy atom. The number of nitro benzene ring substituents is 1. The molecule has 114 valence electrons. The van der Waals surface area contributed by atoms with Gasteiger partial charge in [0.15, 0.2) is 5.16 Å². The standard InChI is InChI=1S/C15H16N4O2S/c20-19(21)13-3-1-2-10(8-13)9-22-15-17-16-14(11-4-5-11)18(15)12-6-7-12/h1-3,8,11-12H,4-7,9H2. The summed E-state index contributed by atoms with van der Waals surface area (Å²) in [6.45, 7) is 0. The summed E-state index contributed by atoms with van der Waals surface area (Å²) in [6, 6.07) is 7.37. The number of rotatable bonds is 6. The highest BCUT2D eigenvalue weighted by Crippen LogP contribution is 2.46. The molecule has 0 bridgehead atoms. The van der Waals surface area contributed by atoms with E-state index in [1.54, 1.807) is 23.9 Å². The van der Waals surface area contributed by atoms with Crippen molar-refractivity contribution in [1.82, 2.24) is 14.8 Å². The first kappa shape index (κ1) is 13.8. The molecule has 7 heteroatoms. The van der Waals surface area contributed by atoms with Crippen molar-refractivity contribution in [3.63, 3.8) is 0 Å². The molecule has 1 heterocycles. The van der Waals surface area contributed by atoms with Gasteiger partial charge in [-0.2, -0.15) is 0 Å². The van der Waals surface area contributed by atoms with Crippen molar-refractivity contribution in [1.29, 1.82) is 0 Å². The Balaban J connectivity index is 1.52. The van der Waals surface area contributed by atoms with E-state index >= 15 is 0 Å². The zero-order valence-corrected chi connectivity index (χ0v) is 12.8. The van der Waals surface area contributed by atoms with Crippen LogP contribution < -0.4 is 0 Å². The molecular formula is C15H16N4O2S. The summed E-state index contributed by atoms with van der Waals surface area (Å²) in [6.07, 6.45) is 4.87. The number of aromatic nitrogens is 3. The maximum Gasteiger partial charge on any atom is 0.269 e. The van der Waals surface area contributed by atoms with Gasteiger partial charge in [-0.25, -0.2) is 0 Å². The molecule has 1 aromatic heterocycles. The van der Waals surface area contributed by atoms with E-state index in [-0.39, 0.29) is 10.6 Å². The molecule has 2 aromatic rings. The van der Waals surface area contributed by atoms with E-state index in [0.717, 1.165) is 16.5 Å². The number of non-ortho nitro benzene ring substituents is 1. The smallest absolute Gasteiger partial charge is 0.269 e. The van der Waals surface area contributed by atoms with Crippen molar-refractivity contribution in [2.45, 2.75) is 48.6 Å². The van der Waals surface area contributed by atoms with Crippen LogP contribution in [0, 0.1) is 10.1 Å². The highest BCUT2D eigenvalue weighted by atomic mass is 32.2. The average Bonchev–Trinajstić information content (AvgIpc) is 3.44. The van der Waals surface area contributed by atoms with E-state index in [0.29, 0.717) is 17.7 Å². The molecule has 1 aromatic carbocycles. The molecule has 0 N–H and O–H groups in total. The molecule has 2 aliphatic carbocycles. The van der Waals surface area contributed by atoms with Gasteiger partial charge >= 0.3 is 0 Å². The van der Waals surface area contributed by atoms with Gasteiger partial charge in [-0.1, -0.05) is 23.9 Å². The van der Waals surface area contributed by atoms with Crippen molar-refractivity contribution >= 4 is 17.4 Å². The lowest BCUT2D eigenvalue weighted by atomic mass is 10.2. The van der Waals surface area contributed by atoms with Gasteiger partial charge in [-0.15, -0.1) is 10.2 Å². The van der Waals surface area contributed by atoms with Crippen LogP contribution in [0.4, 0.5) is 5.69 Å². The summed E-state index contributed by atoms with van der Waals surface area (Å²) in [5.41, 5.74) is 1.08. The average molecular weight is 316 g/mol. The molecule has 2 saturated carbocycles. The zero-order valence-electron chi connectivity index (χ0n) is 12.0. The molecular weight excluding hydrogens is 300 g/mol. The normalized spacial score (nSPS) is 17.6. The summed E-state index contributed by atoms with van der Waals surface area (Å²) < 4.78 is 2.31. The van der Waals surface area contributed by atoms with Crippen LogP contribution in [0.5, 0.6) is 0 Å². The minimum Gasteiger partial charge on any atom is -0.303 e. The molecule has 0 aliphatic heterocycles. The van der Waals surface area contributed by atoms with Crippen LogP contribution in [0.15, 0.2) is 29.4 Å². The van der Waals surface area contributed by atoms with Crippen molar-refractivity contribution in [3.05, 3.63) is 45.8 Å². The van der Waals surface area contributed by atoms with Crippen LogP contribution in [0.25, 0.3) is 0 Å². The van der Waals surface area contributed by atoms with Gasteiger partial charge in [0.2, 0.25) is 0 Å². The number of hydrogen-bond acceptors (Lipinski definition) is 5. The predicted molar refractivity (Wildman–Crippen MR) is 82.9 cm³/mol. The minimum absolute atomic E-state index is 0.139. The first-order chi connectivity index (χ1) is 10.7. The van der Waals surface area contributed by atoms with Gasteiger partial charge in [-0.3, -0.25) is 10.1 Å². The third-order valence-electron chi connectivity index (χ3n) is 4.03. The largest absolute Gasteiger partial charge is 0.303 e. The summed E-state index contributed by atoms with van der Waals surface area (Å²) in [4.78, 5) is 10.5. The minimum atomic E-state index is -0.355. The van der Waals surface area contributed by atoms with Crippen molar-refractivity contribution in [2.75, 3.05) is 0 Å². The molecule has 0 atom stereocenters. The van der Waals surface area contributed by atoms with Crippen molar-refractivity contribution < 1.29 is 4.92 Å². The number of nitro groups is 1. The Morgan fingerprint density at radius 1 is 1.27 bits per heavy atom. The summed E-state index contributed by atoms with van der Waals surface area (Å²) in [5, 5.41) is 20.5. The lowest BCUT2D eigenvalue weighted by Gasteiger charge is -2.08. The van der Waals surface area contributed by atoms with Crippen LogP contribution in [0.3, 0.4) is 0 Å². The third kappa shape index (κ3) is 2.72.